The first-order valence-electron chi connectivity index (χ1n) is 11.5. The summed E-state index contributed by atoms with van der Waals surface area (Å²) in [7, 11) is 0. The topological polar surface area (TPSA) is 263 Å². The van der Waals surface area contributed by atoms with Crippen LogP contribution in [0.3, 0.4) is 0 Å². The van der Waals surface area contributed by atoms with Crippen molar-refractivity contribution in [1.29, 1.82) is 0 Å². The lowest BCUT2D eigenvalue weighted by atomic mass is 9.96. The molecule has 0 aliphatic heterocycles. The van der Waals surface area contributed by atoms with Gasteiger partial charge in [0.25, 0.3) is 0 Å². The number of carbonyl (C=O) groups is 6. The van der Waals surface area contributed by atoms with Crippen molar-refractivity contribution in [2.75, 3.05) is 6.54 Å². The van der Waals surface area contributed by atoms with Gasteiger partial charge in [-0.1, -0.05) is 20.3 Å². The minimum atomic E-state index is -1.39. The van der Waals surface area contributed by atoms with Crippen LogP contribution in [0.4, 0.5) is 0 Å². The Hall–Kier alpha value is -3.26. The molecule has 0 aromatic carbocycles. The zero-order valence-corrected chi connectivity index (χ0v) is 20.2. The Morgan fingerprint density at radius 2 is 1.43 bits per heavy atom. The van der Waals surface area contributed by atoms with Crippen LogP contribution in [-0.2, 0) is 28.8 Å². The highest BCUT2D eigenvalue weighted by Gasteiger charge is 2.32. The molecule has 12 N–H and O–H groups in total. The van der Waals surface area contributed by atoms with Gasteiger partial charge >= 0.3 is 5.97 Å². The number of hydrogen-bond acceptors (Lipinski definition) is 8. The summed E-state index contributed by atoms with van der Waals surface area (Å²) in [6.07, 6.45) is 0.765. The fourth-order valence-electron chi connectivity index (χ4n) is 3.11. The van der Waals surface area contributed by atoms with Gasteiger partial charge in [0.05, 0.1) is 12.5 Å². The third-order valence-electron chi connectivity index (χ3n) is 5.42. The zero-order valence-electron chi connectivity index (χ0n) is 20.2. The van der Waals surface area contributed by atoms with Crippen molar-refractivity contribution in [3.05, 3.63) is 0 Å². The monoisotopic (exact) mass is 501 g/mol. The first kappa shape index (κ1) is 31.7. The second kappa shape index (κ2) is 16.4. The van der Waals surface area contributed by atoms with E-state index in [1.807, 2.05) is 0 Å². The molecule has 0 spiro atoms. The smallest absolute Gasteiger partial charge is 0.326 e. The number of carboxylic acids is 1. The Morgan fingerprint density at radius 3 is 1.91 bits per heavy atom. The molecule has 0 heterocycles. The van der Waals surface area contributed by atoms with E-state index in [0.29, 0.717) is 25.8 Å². The number of amides is 5. The predicted octanol–water partition coefficient (Wildman–Crippen LogP) is -2.83. The molecule has 200 valence electrons. The van der Waals surface area contributed by atoms with Gasteiger partial charge in [0.15, 0.2) is 0 Å². The van der Waals surface area contributed by atoms with Gasteiger partial charge in [-0.2, -0.15) is 0 Å². The van der Waals surface area contributed by atoms with E-state index in [1.165, 1.54) is 0 Å². The van der Waals surface area contributed by atoms with Gasteiger partial charge < -0.3 is 44.0 Å². The van der Waals surface area contributed by atoms with Gasteiger partial charge in [-0.25, -0.2) is 4.79 Å². The number of hydrogen-bond donors (Lipinski definition) is 8. The summed E-state index contributed by atoms with van der Waals surface area (Å²) >= 11 is 0. The van der Waals surface area contributed by atoms with E-state index in [1.54, 1.807) is 13.8 Å². The first-order valence-corrected chi connectivity index (χ1v) is 11.5. The van der Waals surface area contributed by atoms with Gasteiger partial charge in [0.2, 0.25) is 29.5 Å². The lowest BCUT2D eigenvalue weighted by molar-refractivity contribution is -0.142. The van der Waals surface area contributed by atoms with Gasteiger partial charge in [-0.05, 0) is 38.1 Å². The van der Waals surface area contributed by atoms with E-state index in [-0.39, 0.29) is 25.2 Å². The van der Waals surface area contributed by atoms with E-state index in [2.05, 4.69) is 16.0 Å². The molecule has 0 radical (unpaired) electrons. The zero-order chi connectivity index (χ0) is 27.1. The summed E-state index contributed by atoms with van der Waals surface area (Å²) in [5.41, 5.74) is 21.3. The molecule has 0 rings (SSSR count). The Kier molecular flexibility index (Phi) is 14.9. The van der Waals surface area contributed by atoms with Crippen LogP contribution in [0.25, 0.3) is 0 Å². The largest absolute Gasteiger partial charge is 0.480 e. The molecular formula is C21H39N7O7. The van der Waals surface area contributed by atoms with Gasteiger partial charge in [0.1, 0.15) is 18.1 Å². The first-order chi connectivity index (χ1) is 16.3. The third-order valence-corrected chi connectivity index (χ3v) is 5.42. The summed E-state index contributed by atoms with van der Waals surface area (Å²) in [4.78, 5) is 71.8. The van der Waals surface area contributed by atoms with E-state index >= 15 is 0 Å². The second-order valence-electron chi connectivity index (χ2n) is 8.40. The van der Waals surface area contributed by atoms with Crippen LogP contribution in [-0.4, -0.2) is 71.3 Å². The Bertz CT molecular complexity index is 762. The average Bonchev–Trinajstić information content (AvgIpc) is 2.77. The Morgan fingerprint density at radius 1 is 0.829 bits per heavy atom. The van der Waals surface area contributed by atoms with E-state index in [9.17, 15) is 33.9 Å². The van der Waals surface area contributed by atoms with Crippen LogP contribution in [0.5, 0.6) is 0 Å². The van der Waals surface area contributed by atoms with Crippen molar-refractivity contribution in [3.8, 4) is 0 Å². The molecule has 0 saturated carbocycles. The van der Waals surface area contributed by atoms with Gasteiger partial charge in [-0.15, -0.1) is 0 Å². The molecule has 5 atom stereocenters. The highest BCUT2D eigenvalue weighted by molar-refractivity contribution is 5.95. The highest BCUT2D eigenvalue weighted by Crippen LogP contribution is 2.11. The highest BCUT2D eigenvalue weighted by atomic mass is 16.4. The van der Waals surface area contributed by atoms with E-state index < -0.39 is 66.1 Å². The van der Waals surface area contributed by atoms with Crippen molar-refractivity contribution in [1.82, 2.24) is 16.0 Å². The van der Waals surface area contributed by atoms with Crippen LogP contribution in [0.1, 0.15) is 58.8 Å². The molecule has 0 aliphatic carbocycles. The molecule has 14 nitrogen and oxygen atoms in total. The van der Waals surface area contributed by atoms with Crippen molar-refractivity contribution in [3.63, 3.8) is 0 Å². The number of carbonyl (C=O) groups excluding carboxylic acids is 5. The van der Waals surface area contributed by atoms with E-state index in [4.69, 9.17) is 22.9 Å². The number of aliphatic carboxylic acids is 1. The maximum Gasteiger partial charge on any atom is 0.326 e. The number of nitrogens with one attached hydrogen (secondary N) is 3. The molecule has 0 fully saturated rings. The molecule has 0 saturated heterocycles. The SMILES string of the molecule is CCC(C)C(NC(=O)C(N)CC(N)=O)C(=O)NC(CCCCN)C(=O)NC(CCC(N)=O)C(=O)O. The molecule has 0 aliphatic rings. The molecule has 0 aromatic heterocycles. The van der Waals surface area contributed by atoms with Crippen LogP contribution in [0.2, 0.25) is 0 Å². The van der Waals surface area contributed by atoms with Crippen molar-refractivity contribution < 1.29 is 33.9 Å². The molecule has 0 bridgehead atoms. The van der Waals surface area contributed by atoms with Gasteiger partial charge in [-0.3, -0.25) is 24.0 Å². The van der Waals surface area contributed by atoms with Crippen molar-refractivity contribution in [2.45, 2.75) is 83.0 Å². The van der Waals surface area contributed by atoms with Crippen molar-refractivity contribution in [2.24, 2.45) is 28.9 Å². The van der Waals surface area contributed by atoms with Crippen LogP contribution >= 0.6 is 0 Å². The minimum Gasteiger partial charge on any atom is -0.480 e. The molecule has 14 heteroatoms. The normalized spacial score (nSPS) is 15.1. The standard InChI is InChI=1S/C21H39N7O7/c1-3-11(2)17(28-18(31)12(23)10-16(25)30)20(33)26-13(6-4-5-9-22)19(32)27-14(21(34)35)7-8-15(24)29/h11-14,17H,3-10,22-23H2,1-2H3,(H2,24,29)(H2,25,30)(H,26,33)(H,27,32)(H,28,31)(H,34,35). The molecular weight excluding hydrogens is 462 g/mol. The maximum atomic E-state index is 13.1. The number of rotatable bonds is 18. The van der Waals surface area contributed by atoms with Crippen molar-refractivity contribution >= 4 is 35.5 Å². The fraction of sp³-hybridized carbons (Fsp3) is 0.714. The lowest BCUT2D eigenvalue weighted by Gasteiger charge is -2.28. The van der Waals surface area contributed by atoms with Crippen LogP contribution in [0.15, 0.2) is 0 Å². The Labute approximate surface area is 204 Å². The predicted molar refractivity (Wildman–Crippen MR) is 126 cm³/mol. The van der Waals surface area contributed by atoms with E-state index in [0.717, 1.165) is 0 Å². The minimum absolute atomic E-state index is 0.152. The third kappa shape index (κ3) is 12.7. The maximum absolute atomic E-state index is 13.1. The molecule has 5 amide bonds. The lowest BCUT2D eigenvalue weighted by Crippen LogP contribution is -2.58. The summed E-state index contributed by atoms with van der Waals surface area (Å²) in [6.45, 7) is 3.85. The number of unbranched alkanes of at least 4 members (excludes halogenated alkanes) is 1. The molecule has 35 heavy (non-hydrogen) atoms. The van der Waals surface area contributed by atoms with Crippen LogP contribution < -0.4 is 38.9 Å². The number of carboxylic acid groups (broad SMARTS) is 1. The molecule has 0 aromatic rings. The number of nitrogens with two attached hydrogens (primary N) is 4. The van der Waals surface area contributed by atoms with Gasteiger partial charge in [0, 0.05) is 6.42 Å². The summed E-state index contributed by atoms with van der Waals surface area (Å²) in [5.74, 6) is -5.44. The quantitative estimate of drug-likeness (QED) is 0.0898. The molecule has 5 unspecified atom stereocenters. The Balaban J connectivity index is 5.58. The summed E-state index contributed by atoms with van der Waals surface area (Å²) in [5, 5.41) is 16.7. The second-order valence-corrected chi connectivity index (χ2v) is 8.40. The summed E-state index contributed by atoms with van der Waals surface area (Å²) < 4.78 is 0. The average molecular weight is 502 g/mol. The summed E-state index contributed by atoms with van der Waals surface area (Å²) in [6, 6.07) is -4.86. The fourth-order valence-corrected chi connectivity index (χ4v) is 3.11. The number of primary amides is 2. The van der Waals surface area contributed by atoms with Crippen LogP contribution in [0, 0.1) is 5.92 Å².